The molecule has 0 bridgehead atoms. The molecule has 2 aromatic carbocycles. The van der Waals surface area contributed by atoms with Gasteiger partial charge in [0, 0.05) is 17.4 Å². The third kappa shape index (κ3) is 1.73. The lowest BCUT2D eigenvalue weighted by atomic mass is 9.87. The lowest BCUT2D eigenvalue weighted by Crippen LogP contribution is -2.49. The molecule has 1 atom stereocenters. The van der Waals surface area contributed by atoms with E-state index in [4.69, 9.17) is 0 Å². The highest BCUT2D eigenvalue weighted by Crippen LogP contribution is 2.45. The Hall–Kier alpha value is -3.15. The van der Waals surface area contributed by atoms with E-state index in [2.05, 4.69) is 4.98 Å². The van der Waals surface area contributed by atoms with Crippen LogP contribution in [0.2, 0.25) is 0 Å². The Morgan fingerprint density at radius 2 is 1.81 bits per heavy atom. The summed E-state index contributed by atoms with van der Waals surface area (Å²) in [6.07, 6.45) is 0.686. The number of nitrogens with one attached hydrogen (secondary N) is 1. The summed E-state index contributed by atoms with van der Waals surface area (Å²) in [4.78, 5) is 32.5. The summed E-state index contributed by atoms with van der Waals surface area (Å²) in [6, 6.07) is 13.0. The predicted octanol–water partition coefficient (Wildman–Crippen LogP) is 3.55. The third-order valence-electron chi connectivity index (χ3n) is 5.55. The van der Waals surface area contributed by atoms with E-state index < -0.39 is 11.4 Å². The number of H-pyrrole nitrogens is 1. The Kier molecular flexibility index (Phi) is 2.88. The first-order valence-electron chi connectivity index (χ1n) is 8.53. The second-order valence-electron chi connectivity index (χ2n) is 6.90. The first-order chi connectivity index (χ1) is 12.5. The van der Waals surface area contributed by atoms with Gasteiger partial charge in [0.05, 0.1) is 11.4 Å². The van der Waals surface area contributed by atoms with Gasteiger partial charge in [-0.2, -0.15) is 0 Å². The molecule has 5 nitrogen and oxygen atoms in total. The summed E-state index contributed by atoms with van der Waals surface area (Å²) < 4.78 is 13.3. The fraction of sp³-hybridized carbons (Fsp3) is 0.200. The van der Waals surface area contributed by atoms with Crippen LogP contribution in [-0.2, 0) is 16.8 Å². The Morgan fingerprint density at radius 1 is 1.08 bits per heavy atom. The number of carbonyl (C=O) groups excluding carboxylic acids is 2. The molecule has 3 amide bonds. The Bertz CT molecular complexity index is 1070. The van der Waals surface area contributed by atoms with E-state index in [0.717, 1.165) is 27.1 Å². The molecule has 1 N–H and O–H groups in total. The van der Waals surface area contributed by atoms with Gasteiger partial charge in [-0.05, 0) is 49.2 Å². The molecular formula is C20H16FN3O2. The number of amides is 3. The molecule has 130 valence electrons. The fourth-order valence-electron chi connectivity index (χ4n) is 4.21. The van der Waals surface area contributed by atoms with Gasteiger partial charge < -0.3 is 9.88 Å². The minimum absolute atomic E-state index is 0.318. The molecule has 2 aliphatic rings. The monoisotopic (exact) mass is 349 g/mol. The number of benzene rings is 2. The highest BCUT2D eigenvalue weighted by Gasteiger charge is 2.58. The van der Waals surface area contributed by atoms with Crippen molar-refractivity contribution in [3.63, 3.8) is 0 Å². The molecule has 1 aromatic heterocycles. The molecule has 5 rings (SSSR count). The summed E-state index contributed by atoms with van der Waals surface area (Å²) in [5.74, 6) is -0.726. The van der Waals surface area contributed by atoms with Gasteiger partial charge in [0.25, 0.3) is 5.91 Å². The Labute approximate surface area is 149 Å². The summed E-state index contributed by atoms with van der Waals surface area (Å²) in [5, 5.41) is 1.09. The molecule has 0 spiro atoms. The number of carbonyl (C=O) groups is 2. The molecule has 0 saturated carbocycles. The van der Waals surface area contributed by atoms with Crippen LogP contribution < -0.4 is 4.90 Å². The second-order valence-corrected chi connectivity index (χ2v) is 6.90. The SMILES string of the molecule is C[C@]12C(=O)N(c3ccc(F)cc3)C(=O)N1CCc1c2[nH]c2ccccc12. The number of aromatic amines is 1. The molecule has 2 aliphatic heterocycles. The van der Waals surface area contributed by atoms with Crippen LogP contribution in [0.1, 0.15) is 18.2 Å². The highest BCUT2D eigenvalue weighted by molar-refractivity contribution is 6.23. The molecule has 1 saturated heterocycles. The number of rotatable bonds is 1. The standard InChI is InChI=1S/C20H16FN3O2/c1-20-17-15(14-4-2-3-5-16(14)22-17)10-11-23(20)19(26)24(18(20)25)13-8-6-12(21)7-9-13/h2-9,22H,10-11H2,1H3/t20-/m0/s1. The normalized spacial score (nSPS) is 22.1. The highest BCUT2D eigenvalue weighted by atomic mass is 19.1. The molecule has 0 radical (unpaired) electrons. The van der Waals surface area contributed by atoms with Crippen molar-refractivity contribution in [1.82, 2.24) is 9.88 Å². The minimum atomic E-state index is -1.09. The lowest BCUT2D eigenvalue weighted by Gasteiger charge is -2.35. The van der Waals surface area contributed by atoms with Crippen LogP contribution in [0.3, 0.4) is 0 Å². The van der Waals surface area contributed by atoms with Gasteiger partial charge >= 0.3 is 6.03 Å². The van der Waals surface area contributed by atoms with Crippen LogP contribution >= 0.6 is 0 Å². The number of hydrogen-bond donors (Lipinski definition) is 1. The van der Waals surface area contributed by atoms with Gasteiger partial charge in [-0.25, -0.2) is 14.1 Å². The quantitative estimate of drug-likeness (QED) is 0.683. The number of aromatic nitrogens is 1. The first kappa shape index (κ1) is 15.1. The Morgan fingerprint density at radius 3 is 2.58 bits per heavy atom. The average molecular weight is 349 g/mol. The number of urea groups is 1. The zero-order valence-corrected chi connectivity index (χ0v) is 14.1. The van der Waals surface area contributed by atoms with Crippen molar-refractivity contribution >= 4 is 28.5 Å². The Balaban J connectivity index is 1.69. The van der Waals surface area contributed by atoms with Crippen LogP contribution in [0, 0.1) is 5.82 Å². The number of fused-ring (bicyclic) bond motifs is 5. The largest absolute Gasteiger partial charge is 0.356 e. The van der Waals surface area contributed by atoms with Crippen molar-refractivity contribution in [1.29, 1.82) is 0 Å². The van der Waals surface area contributed by atoms with Gasteiger partial charge in [0.2, 0.25) is 0 Å². The zero-order chi connectivity index (χ0) is 18.1. The van der Waals surface area contributed by atoms with E-state index in [9.17, 15) is 14.0 Å². The van der Waals surface area contributed by atoms with E-state index in [0.29, 0.717) is 18.7 Å². The minimum Gasteiger partial charge on any atom is -0.356 e. The number of para-hydroxylation sites is 1. The van der Waals surface area contributed by atoms with Crippen molar-refractivity contribution < 1.29 is 14.0 Å². The van der Waals surface area contributed by atoms with E-state index >= 15 is 0 Å². The van der Waals surface area contributed by atoms with Gasteiger partial charge in [-0.3, -0.25) is 4.79 Å². The average Bonchev–Trinajstić information content (AvgIpc) is 3.11. The van der Waals surface area contributed by atoms with Crippen molar-refractivity contribution in [3.8, 4) is 0 Å². The van der Waals surface area contributed by atoms with Crippen LogP contribution in [-0.4, -0.2) is 28.4 Å². The molecule has 0 unspecified atom stereocenters. The van der Waals surface area contributed by atoms with Gasteiger partial charge in [-0.15, -0.1) is 0 Å². The number of imide groups is 1. The van der Waals surface area contributed by atoms with Crippen molar-refractivity contribution in [2.75, 3.05) is 11.4 Å². The van der Waals surface area contributed by atoms with Crippen molar-refractivity contribution in [2.24, 2.45) is 0 Å². The van der Waals surface area contributed by atoms with E-state index in [1.807, 2.05) is 24.3 Å². The van der Waals surface area contributed by atoms with Gasteiger partial charge in [0.15, 0.2) is 5.54 Å². The lowest BCUT2D eigenvalue weighted by molar-refractivity contribution is -0.125. The molecule has 6 heteroatoms. The number of halogens is 1. The molecule has 3 heterocycles. The summed E-state index contributed by atoms with van der Waals surface area (Å²) in [6.45, 7) is 2.25. The van der Waals surface area contributed by atoms with Gasteiger partial charge in [0.1, 0.15) is 5.82 Å². The summed E-state index contributed by atoms with van der Waals surface area (Å²) >= 11 is 0. The molecule has 0 aliphatic carbocycles. The molecule has 3 aromatic rings. The van der Waals surface area contributed by atoms with Gasteiger partial charge in [-0.1, -0.05) is 18.2 Å². The molecular weight excluding hydrogens is 333 g/mol. The topological polar surface area (TPSA) is 56.4 Å². The number of nitrogens with zero attached hydrogens (tertiary/aromatic N) is 2. The van der Waals surface area contributed by atoms with Crippen LogP contribution in [0.25, 0.3) is 10.9 Å². The third-order valence-corrected chi connectivity index (χ3v) is 5.55. The predicted molar refractivity (Wildman–Crippen MR) is 95.3 cm³/mol. The van der Waals surface area contributed by atoms with Crippen LogP contribution in [0.15, 0.2) is 48.5 Å². The summed E-state index contributed by atoms with van der Waals surface area (Å²) in [5.41, 5.74) is 2.11. The maximum absolute atomic E-state index is 13.3. The summed E-state index contributed by atoms with van der Waals surface area (Å²) in [7, 11) is 0. The van der Waals surface area contributed by atoms with Crippen molar-refractivity contribution in [3.05, 3.63) is 65.6 Å². The van der Waals surface area contributed by atoms with E-state index in [1.165, 1.54) is 24.3 Å². The fourth-order valence-corrected chi connectivity index (χ4v) is 4.21. The molecule has 26 heavy (non-hydrogen) atoms. The first-order valence-corrected chi connectivity index (χ1v) is 8.53. The smallest absolute Gasteiger partial charge is 0.332 e. The van der Waals surface area contributed by atoms with Crippen molar-refractivity contribution in [2.45, 2.75) is 18.9 Å². The van der Waals surface area contributed by atoms with Crippen LogP contribution in [0.4, 0.5) is 14.9 Å². The maximum Gasteiger partial charge on any atom is 0.332 e. The van der Waals surface area contributed by atoms with E-state index in [1.54, 1.807) is 11.8 Å². The maximum atomic E-state index is 13.3. The number of anilines is 1. The zero-order valence-electron chi connectivity index (χ0n) is 14.1. The van der Waals surface area contributed by atoms with Crippen LogP contribution in [0.5, 0.6) is 0 Å². The molecule has 1 fully saturated rings. The van der Waals surface area contributed by atoms with E-state index in [-0.39, 0.29) is 11.9 Å². The number of hydrogen-bond acceptors (Lipinski definition) is 2. The second kappa shape index (κ2) is 4.94.